The maximum Gasteiger partial charge on any atom is 0.387 e. The van der Waals surface area contributed by atoms with Crippen molar-refractivity contribution in [2.75, 3.05) is 10.6 Å². The Balaban J connectivity index is 1.67. The van der Waals surface area contributed by atoms with Crippen molar-refractivity contribution in [2.24, 2.45) is 0 Å². The summed E-state index contributed by atoms with van der Waals surface area (Å²) in [7, 11) is 0. The molecule has 2 N–H and O–H groups in total. The maximum absolute atomic E-state index is 12.6. The molecule has 0 saturated heterocycles. The summed E-state index contributed by atoms with van der Waals surface area (Å²) in [6.07, 6.45) is 3.30. The van der Waals surface area contributed by atoms with E-state index in [0.717, 1.165) is 11.1 Å². The van der Waals surface area contributed by atoms with Crippen molar-refractivity contribution < 1.29 is 13.5 Å². The van der Waals surface area contributed by atoms with Crippen LogP contribution in [-0.2, 0) is 6.54 Å². The average molecular weight is 457 g/mol. The number of nitrogens with one attached hydrogen (secondary N) is 2. The van der Waals surface area contributed by atoms with E-state index in [1.54, 1.807) is 54.3 Å². The van der Waals surface area contributed by atoms with E-state index in [1.807, 2.05) is 0 Å². The Bertz CT molecular complexity index is 1010. The van der Waals surface area contributed by atoms with Crippen LogP contribution in [0.25, 0.3) is 0 Å². The zero-order chi connectivity index (χ0) is 21.0. The van der Waals surface area contributed by atoms with Crippen LogP contribution in [0.1, 0.15) is 11.1 Å². The standard InChI is InChI=1S/C19H16Cl2F2N4OS/c1-11-5-6-16(17(7-11)28-18(22)23)26-19(29)25-12-8-24-27(9-12)10-13-14(20)3-2-4-15(13)21/h2-9,18H,10H2,1H3,(H2,25,26,29). The number of halogens is 4. The molecule has 1 heterocycles. The largest absolute Gasteiger partial charge is 0.433 e. The van der Waals surface area contributed by atoms with Gasteiger partial charge in [-0.3, -0.25) is 4.68 Å². The Morgan fingerprint density at radius 1 is 1.21 bits per heavy atom. The van der Waals surface area contributed by atoms with Crippen LogP contribution in [0, 0.1) is 6.92 Å². The third-order valence-electron chi connectivity index (χ3n) is 3.87. The number of hydrogen-bond donors (Lipinski definition) is 2. The second kappa shape index (κ2) is 9.39. The molecule has 2 aromatic carbocycles. The number of nitrogens with zero attached hydrogens (tertiary/aromatic N) is 2. The average Bonchev–Trinajstić information content (AvgIpc) is 3.07. The highest BCUT2D eigenvalue weighted by molar-refractivity contribution is 7.80. The van der Waals surface area contributed by atoms with Crippen molar-refractivity contribution in [2.45, 2.75) is 20.1 Å². The Kier molecular flexibility index (Phi) is 6.89. The SMILES string of the molecule is Cc1ccc(NC(=S)Nc2cnn(Cc3c(Cl)cccc3Cl)c2)c(OC(F)F)c1. The summed E-state index contributed by atoms with van der Waals surface area (Å²) in [6.45, 7) is -0.781. The lowest BCUT2D eigenvalue weighted by molar-refractivity contribution is -0.0493. The topological polar surface area (TPSA) is 51.1 Å². The fourth-order valence-corrected chi connectivity index (χ4v) is 3.32. The van der Waals surface area contributed by atoms with Gasteiger partial charge >= 0.3 is 6.61 Å². The van der Waals surface area contributed by atoms with Crippen LogP contribution in [-0.4, -0.2) is 21.5 Å². The number of rotatable bonds is 6. The van der Waals surface area contributed by atoms with E-state index >= 15 is 0 Å². The van der Waals surface area contributed by atoms with Crippen molar-refractivity contribution >= 4 is 51.9 Å². The van der Waals surface area contributed by atoms with E-state index in [2.05, 4.69) is 20.5 Å². The summed E-state index contributed by atoms with van der Waals surface area (Å²) in [4.78, 5) is 0. The number of hydrogen-bond acceptors (Lipinski definition) is 3. The molecule has 1 aromatic heterocycles. The molecule has 0 spiro atoms. The molecule has 0 bridgehead atoms. The predicted molar refractivity (Wildman–Crippen MR) is 115 cm³/mol. The Morgan fingerprint density at radius 3 is 2.62 bits per heavy atom. The highest BCUT2D eigenvalue weighted by atomic mass is 35.5. The summed E-state index contributed by atoms with van der Waals surface area (Å²) < 4.78 is 31.4. The first kappa shape index (κ1) is 21.3. The van der Waals surface area contributed by atoms with E-state index in [9.17, 15) is 8.78 Å². The van der Waals surface area contributed by atoms with Gasteiger partial charge in [-0.1, -0.05) is 35.3 Å². The zero-order valence-corrected chi connectivity index (χ0v) is 17.5. The summed E-state index contributed by atoms with van der Waals surface area (Å²) in [5.74, 6) is 0.00760. The minimum atomic E-state index is -2.94. The second-order valence-corrected chi connectivity index (χ2v) is 7.31. The fraction of sp³-hybridized carbons (Fsp3) is 0.158. The van der Waals surface area contributed by atoms with Gasteiger partial charge in [-0.15, -0.1) is 0 Å². The number of aromatic nitrogens is 2. The summed E-state index contributed by atoms with van der Waals surface area (Å²) in [5.41, 5.74) is 2.46. The monoisotopic (exact) mass is 456 g/mol. The molecule has 0 unspecified atom stereocenters. The lowest BCUT2D eigenvalue weighted by atomic mass is 10.2. The molecule has 3 rings (SSSR count). The van der Waals surface area contributed by atoms with Gasteiger partial charge in [0.2, 0.25) is 0 Å². The van der Waals surface area contributed by atoms with Crippen LogP contribution in [0.4, 0.5) is 20.2 Å². The van der Waals surface area contributed by atoms with Gasteiger partial charge in [-0.2, -0.15) is 13.9 Å². The van der Waals surface area contributed by atoms with Gasteiger partial charge in [-0.25, -0.2) is 0 Å². The van der Waals surface area contributed by atoms with E-state index < -0.39 is 6.61 Å². The maximum atomic E-state index is 12.6. The van der Waals surface area contributed by atoms with E-state index in [1.165, 1.54) is 6.07 Å². The molecule has 0 fully saturated rings. The van der Waals surface area contributed by atoms with Crippen molar-refractivity contribution in [3.8, 4) is 5.75 Å². The first-order valence-corrected chi connectivity index (χ1v) is 9.57. The molecule has 0 aliphatic heterocycles. The number of ether oxygens (including phenoxy) is 1. The van der Waals surface area contributed by atoms with Crippen molar-refractivity contribution in [3.05, 3.63) is 70.0 Å². The highest BCUT2D eigenvalue weighted by Gasteiger charge is 2.12. The highest BCUT2D eigenvalue weighted by Crippen LogP contribution is 2.28. The van der Waals surface area contributed by atoms with E-state index in [-0.39, 0.29) is 10.9 Å². The van der Waals surface area contributed by atoms with Gasteiger partial charge in [0.25, 0.3) is 0 Å². The molecule has 152 valence electrons. The minimum Gasteiger partial charge on any atom is -0.433 e. The van der Waals surface area contributed by atoms with Gasteiger partial charge in [0.05, 0.1) is 24.1 Å². The number of aryl methyl sites for hydroxylation is 1. The molecule has 29 heavy (non-hydrogen) atoms. The lowest BCUT2D eigenvalue weighted by Crippen LogP contribution is -2.19. The number of alkyl halides is 2. The van der Waals surface area contributed by atoms with Crippen LogP contribution in [0.5, 0.6) is 5.75 Å². The molecule has 3 aromatic rings. The van der Waals surface area contributed by atoms with Gasteiger partial charge in [0.15, 0.2) is 5.11 Å². The molecule has 0 atom stereocenters. The number of benzene rings is 2. The van der Waals surface area contributed by atoms with Crippen LogP contribution >= 0.6 is 35.4 Å². The molecule has 10 heteroatoms. The number of thiocarbonyl (C=S) groups is 1. The predicted octanol–water partition coefficient (Wildman–Crippen LogP) is 5.96. The minimum absolute atomic E-state index is 0.00760. The first-order valence-electron chi connectivity index (χ1n) is 8.40. The third kappa shape index (κ3) is 5.79. The van der Waals surface area contributed by atoms with Gasteiger partial charge in [0.1, 0.15) is 5.75 Å². The van der Waals surface area contributed by atoms with Crippen molar-refractivity contribution in [3.63, 3.8) is 0 Å². The first-order chi connectivity index (χ1) is 13.8. The summed E-state index contributed by atoms with van der Waals surface area (Å²) >= 11 is 17.6. The van der Waals surface area contributed by atoms with E-state index in [0.29, 0.717) is 28.0 Å². The lowest BCUT2D eigenvalue weighted by Gasteiger charge is -2.14. The van der Waals surface area contributed by atoms with Gasteiger partial charge < -0.3 is 15.4 Å². The molecular formula is C19H16Cl2F2N4OS. The van der Waals surface area contributed by atoms with Crippen molar-refractivity contribution in [1.29, 1.82) is 0 Å². The van der Waals surface area contributed by atoms with E-state index in [4.69, 9.17) is 35.4 Å². The zero-order valence-electron chi connectivity index (χ0n) is 15.1. The fourth-order valence-electron chi connectivity index (χ4n) is 2.57. The Morgan fingerprint density at radius 2 is 1.93 bits per heavy atom. The molecule has 0 aliphatic carbocycles. The van der Waals surface area contributed by atoms with Crippen LogP contribution < -0.4 is 15.4 Å². The van der Waals surface area contributed by atoms with Gasteiger partial charge in [-0.05, 0) is 49.0 Å². The third-order valence-corrected chi connectivity index (χ3v) is 4.79. The molecule has 5 nitrogen and oxygen atoms in total. The summed E-state index contributed by atoms with van der Waals surface area (Å²) in [5, 5.41) is 11.3. The van der Waals surface area contributed by atoms with Crippen molar-refractivity contribution in [1.82, 2.24) is 9.78 Å². The van der Waals surface area contributed by atoms with Crippen LogP contribution in [0.15, 0.2) is 48.8 Å². The molecule has 0 saturated carbocycles. The van der Waals surface area contributed by atoms with Gasteiger partial charge in [0, 0.05) is 21.8 Å². The summed E-state index contributed by atoms with van der Waals surface area (Å²) in [6, 6.07) is 10.2. The Labute approximate surface area is 181 Å². The normalized spacial score (nSPS) is 10.8. The molecule has 0 amide bonds. The quantitative estimate of drug-likeness (QED) is 0.448. The van der Waals surface area contributed by atoms with Crippen LogP contribution in [0.2, 0.25) is 10.0 Å². The smallest absolute Gasteiger partial charge is 0.387 e. The molecule has 0 radical (unpaired) electrons. The molecule has 0 aliphatic rings. The Hall–Kier alpha value is -2.42. The van der Waals surface area contributed by atoms with Crippen LogP contribution in [0.3, 0.4) is 0 Å². The molecular weight excluding hydrogens is 441 g/mol. The number of anilines is 2. The second-order valence-electron chi connectivity index (χ2n) is 6.08.